The van der Waals surface area contributed by atoms with Crippen molar-refractivity contribution >= 4 is 0 Å². The summed E-state index contributed by atoms with van der Waals surface area (Å²) in [6, 6.07) is 0. The monoisotopic (exact) mass is 474 g/mol. The lowest BCUT2D eigenvalue weighted by Gasteiger charge is -2.42. The molecule has 1 rings (SSSR count). The standard InChI is InChI=1S/C11F18/c12-3-1(5(15,16)9(23,24)10(25,26)11(27,28)29)2(4(13)14)6(17,18)8(21,22)7(3,19)20. The van der Waals surface area contributed by atoms with Gasteiger partial charge in [0.05, 0.1) is 5.57 Å². The van der Waals surface area contributed by atoms with Crippen molar-refractivity contribution in [1.29, 1.82) is 0 Å². The van der Waals surface area contributed by atoms with Crippen molar-refractivity contribution in [1.82, 2.24) is 0 Å². The fourth-order valence-corrected chi connectivity index (χ4v) is 1.96. The highest BCUT2D eigenvalue weighted by molar-refractivity contribution is 5.53. The Bertz CT molecular complexity index is 742. The van der Waals surface area contributed by atoms with E-state index in [1.54, 1.807) is 0 Å². The number of hydrogen-bond acceptors (Lipinski definition) is 0. The third kappa shape index (κ3) is 2.87. The summed E-state index contributed by atoms with van der Waals surface area (Å²) in [5.74, 6) is -50.9. The number of allylic oxidation sites excluding steroid dienone is 3. The van der Waals surface area contributed by atoms with E-state index in [9.17, 15) is 79.0 Å². The lowest BCUT2D eigenvalue weighted by Crippen LogP contribution is -2.65. The van der Waals surface area contributed by atoms with Crippen LogP contribution in [0, 0.1) is 0 Å². The summed E-state index contributed by atoms with van der Waals surface area (Å²) in [7, 11) is 0. The van der Waals surface area contributed by atoms with Gasteiger partial charge in [-0.15, -0.1) is 0 Å². The molecule has 0 heterocycles. The summed E-state index contributed by atoms with van der Waals surface area (Å²) in [5, 5.41) is 0. The van der Waals surface area contributed by atoms with Crippen LogP contribution < -0.4 is 0 Å². The molecule has 1 aliphatic rings. The van der Waals surface area contributed by atoms with Crippen molar-refractivity contribution in [3.8, 4) is 0 Å². The quantitative estimate of drug-likeness (QED) is 0.398. The maximum atomic E-state index is 13.6. The molecule has 0 atom stereocenters. The van der Waals surface area contributed by atoms with Gasteiger partial charge in [0.2, 0.25) is 0 Å². The minimum Gasteiger partial charge on any atom is -0.204 e. The normalized spacial score (nSPS) is 22.8. The maximum absolute atomic E-state index is 13.6. The lowest BCUT2D eigenvalue weighted by atomic mass is 9.79. The Morgan fingerprint density at radius 3 is 1.31 bits per heavy atom. The van der Waals surface area contributed by atoms with Gasteiger partial charge in [0, 0.05) is 0 Å². The third-order valence-corrected chi connectivity index (χ3v) is 3.50. The summed E-state index contributed by atoms with van der Waals surface area (Å²) in [6.45, 7) is 0. The molecule has 0 saturated heterocycles. The Kier molecular flexibility index (Phi) is 5.33. The van der Waals surface area contributed by atoms with Crippen LogP contribution in [0.3, 0.4) is 0 Å². The maximum Gasteiger partial charge on any atom is 0.460 e. The van der Waals surface area contributed by atoms with Crippen LogP contribution in [0.1, 0.15) is 0 Å². The number of rotatable bonds is 3. The average molecular weight is 474 g/mol. The van der Waals surface area contributed by atoms with Crippen molar-refractivity contribution in [2.24, 2.45) is 0 Å². The zero-order chi connectivity index (χ0) is 23.8. The molecular weight excluding hydrogens is 474 g/mol. The Morgan fingerprint density at radius 2 is 1.00 bits per heavy atom. The van der Waals surface area contributed by atoms with Gasteiger partial charge in [0.25, 0.3) is 6.08 Å². The summed E-state index contributed by atoms with van der Waals surface area (Å²) >= 11 is 0. The van der Waals surface area contributed by atoms with E-state index in [4.69, 9.17) is 0 Å². The van der Waals surface area contributed by atoms with Gasteiger partial charge in [-0.05, 0) is 0 Å². The molecular formula is C11F18. The van der Waals surface area contributed by atoms with Crippen molar-refractivity contribution < 1.29 is 79.0 Å². The molecule has 0 unspecified atom stereocenters. The number of hydrogen-bond donors (Lipinski definition) is 0. The van der Waals surface area contributed by atoms with Gasteiger partial charge in [-0.1, -0.05) is 0 Å². The Labute approximate surface area is 145 Å². The molecule has 0 bridgehead atoms. The molecule has 1 aliphatic carbocycles. The van der Waals surface area contributed by atoms with Crippen LogP contribution >= 0.6 is 0 Å². The van der Waals surface area contributed by atoms with E-state index < -0.39 is 64.8 Å². The second kappa shape index (κ2) is 6.12. The summed E-state index contributed by atoms with van der Waals surface area (Å²) in [5.41, 5.74) is -9.44. The van der Waals surface area contributed by atoms with E-state index in [1.807, 2.05) is 0 Å². The van der Waals surface area contributed by atoms with Crippen molar-refractivity contribution in [2.75, 3.05) is 0 Å². The van der Waals surface area contributed by atoms with Crippen LogP contribution in [0.2, 0.25) is 0 Å². The molecule has 0 aliphatic heterocycles. The topological polar surface area (TPSA) is 0 Å². The van der Waals surface area contributed by atoms with E-state index >= 15 is 0 Å². The zero-order valence-corrected chi connectivity index (χ0v) is 12.3. The molecule has 0 amide bonds. The largest absolute Gasteiger partial charge is 0.460 e. The first kappa shape index (κ1) is 25.3. The fraction of sp³-hybridized carbons (Fsp3) is 0.636. The predicted molar refractivity (Wildman–Crippen MR) is 53.1 cm³/mol. The minimum absolute atomic E-state index is 4.60. The van der Waals surface area contributed by atoms with E-state index in [1.165, 1.54) is 0 Å². The van der Waals surface area contributed by atoms with E-state index in [2.05, 4.69) is 0 Å². The molecule has 18 heteroatoms. The molecule has 0 nitrogen and oxygen atoms in total. The first-order valence-corrected chi connectivity index (χ1v) is 6.15. The van der Waals surface area contributed by atoms with E-state index in [0.29, 0.717) is 0 Å². The second-order valence-electron chi connectivity index (χ2n) is 5.27. The Hall–Kier alpha value is -1.78. The van der Waals surface area contributed by atoms with Crippen LogP contribution in [0.15, 0.2) is 23.1 Å². The molecule has 0 saturated carbocycles. The molecule has 0 radical (unpaired) electrons. The van der Waals surface area contributed by atoms with Gasteiger partial charge in [0.1, 0.15) is 5.57 Å². The Morgan fingerprint density at radius 1 is 0.621 bits per heavy atom. The average Bonchev–Trinajstić information content (AvgIpc) is 2.47. The Balaban J connectivity index is 4.11. The summed E-state index contributed by atoms with van der Waals surface area (Å²) in [6.07, 6.45) is -12.3. The molecule has 0 aromatic heterocycles. The zero-order valence-electron chi connectivity index (χ0n) is 12.3. The molecule has 0 N–H and O–H groups in total. The summed E-state index contributed by atoms with van der Waals surface area (Å²) in [4.78, 5) is 0. The molecule has 0 aromatic carbocycles. The first-order valence-electron chi connectivity index (χ1n) is 6.15. The van der Waals surface area contributed by atoms with Crippen molar-refractivity contribution in [2.45, 2.75) is 41.7 Å². The van der Waals surface area contributed by atoms with Crippen LogP contribution in [-0.2, 0) is 0 Å². The molecule has 29 heavy (non-hydrogen) atoms. The van der Waals surface area contributed by atoms with Crippen LogP contribution in [0.5, 0.6) is 0 Å². The first-order chi connectivity index (χ1) is 12.3. The van der Waals surface area contributed by atoms with Gasteiger partial charge < -0.3 is 0 Å². The smallest absolute Gasteiger partial charge is 0.204 e. The van der Waals surface area contributed by atoms with Crippen LogP contribution in [-0.4, -0.2) is 41.7 Å². The van der Waals surface area contributed by atoms with Gasteiger partial charge in [-0.25, -0.2) is 4.39 Å². The lowest BCUT2D eigenvalue weighted by molar-refractivity contribution is -0.391. The highest BCUT2D eigenvalue weighted by Crippen LogP contribution is 2.65. The molecule has 0 spiro atoms. The van der Waals surface area contributed by atoms with Crippen molar-refractivity contribution in [3.63, 3.8) is 0 Å². The molecule has 0 aromatic rings. The van der Waals surface area contributed by atoms with Crippen LogP contribution in [0.4, 0.5) is 79.0 Å². The highest BCUT2D eigenvalue weighted by atomic mass is 19.4. The van der Waals surface area contributed by atoms with E-state index in [-0.39, 0.29) is 0 Å². The molecule has 170 valence electrons. The SMILES string of the molecule is FC(F)=C1C(C(F)(F)C(F)(F)C(F)(F)C(F)(F)F)=C(F)C(F)(F)C(F)(F)C1(F)F. The third-order valence-electron chi connectivity index (χ3n) is 3.50. The van der Waals surface area contributed by atoms with Gasteiger partial charge in [0.15, 0.2) is 5.83 Å². The second-order valence-corrected chi connectivity index (χ2v) is 5.27. The molecule has 0 fully saturated rings. The van der Waals surface area contributed by atoms with Gasteiger partial charge in [-0.3, -0.25) is 0 Å². The van der Waals surface area contributed by atoms with Crippen LogP contribution in [0.25, 0.3) is 0 Å². The van der Waals surface area contributed by atoms with E-state index in [0.717, 1.165) is 0 Å². The van der Waals surface area contributed by atoms with Gasteiger partial charge in [-0.2, -0.15) is 74.6 Å². The van der Waals surface area contributed by atoms with Crippen molar-refractivity contribution in [3.05, 3.63) is 23.1 Å². The van der Waals surface area contributed by atoms with Gasteiger partial charge >= 0.3 is 41.7 Å². The fourth-order valence-electron chi connectivity index (χ4n) is 1.96. The number of alkyl halides is 15. The number of halogens is 18. The summed E-state index contributed by atoms with van der Waals surface area (Å²) < 4.78 is 232. The highest BCUT2D eigenvalue weighted by Gasteiger charge is 2.87. The minimum atomic E-state index is -8.18. The predicted octanol–water partition coefficient (Wildman–Crippen LogP) is 6.75.